The van der Waals surface area contributed by atoms with Crippen molar-refractivity contribution in [2.24, 2.45) is 5.92 Å². The lowest BCUT2D eigenvalue weighted by Crippen LogP contribution is -2.53. The Morgan fingerprint density at radius 3 is 2.33 bits per heavy atom. The Hall–Kier alpha value is -1.59. The molecule has 1 N–H and O–H groups in total. The van der Waals surface area contributed by atoms with Crippen molar-refractivity contribution >= 4 is 17.3 Å². The summed E-state index contributed by atoms with van der Waals surface area (Å²) < 4.78 is 6.16. The fourth-order valence-electron chi connectivity index (χ4n) is 2.58. The Labute approximate surface area is 147 Å². The van der Waals surface area contributed by atoms with Crippen molar-refractivity contribution in [2.45, 2.75) is 38.9 Å². The minimum Gasteiger partial charge on any atom is -0.357 e. The van der Waals surface area contributed by atoms with Crippen LogP contribution in [0.1, 0.15) is 26.3 Å². The van der Waals surface area contributed by atoms with Crippen molar-refractivity contribution in [1.29, 1.82) is 0 Å². The van der Waals surface area contributed by atoms with Crippen LogP contribution in [-0.4, -0.2) is 12.5 Å². The van der Waals surface area contributed by atoms with Crippen LogP contribution in [0, 0.1) is 5.92 Å². The lowest BCUT2D eigenvalue weighted by Gasteiger charge is -2.44. The summed E-state index contributed by atoms with van der Waals surface area (Å²) in [5.41, 5.74) is 1.09. The van der Waals surface area contributed by atoms with E-state index in [9.17, 15) is 0 Å². The second-order valence-corrected chi connectivity index (χ2v) is 6.87. The highest BCUT2D eigenvalue weighted by molar-refractivity contribution is 6.30. The summed E-state index contributed by atoms with van der Waals surface area (Å²) in [5, 5.41) is 4.09. The van der Waals surface area contributed by atoms with Crippen molar-refractivity contribution in [3.63, 3.8) is 0 Å². The van der Waals surface area contributed by atoms with Gasteiger partial charge in [-0.05, 0) is 36.8 Å². The number of ether oxygens (including phenoxy) is 1. The summed E-state index contributed by atoms with van der Waals surface area (Å²) in [7, 11) is 0. The molecule has 5 heteroatoms. The van der Waals surface area contributed by atoms with Gasteiger partial charge < -0.3 is 10.1 Å². The summed E-state index contributed by atoms with van der Waals surface area (Å²) in [6.45, 7) is 6.00. The van der Waals surface area contributed by atoms with E-state index < -0.39 is 18.1 Å². The lowest BCUT2D eigenvalue weighted by molar-refractivity contribution is -0.494. The zero-order chi connectivity index (χ0) is 17.2. The number of benzene rings is 2. The molecule has 1 aliphatic rings. The van der Waals surface area contributed by atoms with Crippen molar-refractivity contribution in [3.05, 3.63) is 65.2 Å². The summed E-state index contributed by atoms with van der Waals surface area (Å²) in [4.78, 5) is 11.3. The molecule has 0 saturated carbocycles. The Bertz CT molecular complexity index is 662. The van der Waals surface area contributed by atoms with Crippen LogP contribution in [0.25, 0.3) is 0 Å². The highest BCUT2D eigenvalue weighted by atomic mass is 35.5. The minimum absolute atomic E-state index is 0.167. The van der Waals surface area contributed by atoms with Crippen LogP contribution in [0.3, 0.4) is 0 Å². The van der Waals surface area contributed by atoms with Crippen molar-refractivity contribution < 1.29 is 14.5 Å². The van der Waals surface area contributed by atoms with Gasteiger partial charge in [-0.3, -0.25) is 0 Å². The largest absolute Gasteiger partial charge is 0.357 e. The van der Waals surface area contributed by atoms with Gasteiger partial charge in [0.2, 0.25) is 0 Å². The second-order valence-electron chi connectivity index (χ2n) is 6.43. The SMILES string of the molecule is CC(C)[C@@H]1OO[C@@](C)(c2ccccc2)[C@H](Nc2ccc(Cl)cc2)O1. The molecule has 0 amide bonds. The maximum atomic E-state index is 6.16. The third-order valence-electron chi connectivity index (χ3n) is 4.12. The van der Waals surface area contributed by atoms with Gasteiger partial charge in [-0.1, -0.05) is 55.8 Å². The van der Waals surface area contributed by atoms with Gasteiger partial charge in [0.25, 0.3) is 0 Å². The molecular formula is C19H22ClNO3. The first kappa shape index (κ1) is 17.2. The van der Waals surface area contributed by atoms with Crippen LogP contribution >= 0.6 is 11.6 Å². The molecule has 0 radical (unpaired) electrons. The first-order valence-electron chi connectivity index (χ1n) is 8.06. The molecule has 1 fully saturated rings. The monoisotopic (exact) mass is 347 g/mol. The molecule has 2 aromatic carbocycles. The molecule has 3 rings (SSSR count). The molecule has 128 valence electrons. The molecule has 3 atom stereocenters. The quantitative estimate of drug-likeness (QED) is 0.794. The predicted molar refractivity (Wildman–Crippen MR) is 94.5 cm³/mol. The molecule has 0 bridgehead atoms. The van der Waals surface area contributed by atoms with E-state index in [1.807, 2.05) is 75.4 Å². The van der Waals surface area contributed by atoms with E-state index in [0.29, 0.717) is 5.02 Å². The third kappa shape index (κ3) is 3.57. The Kier molecular flexibility index (Phi) is 5.11. The highest BCUT2D eigenvalue weighted by Crippen LogP contribution is 2.38. The van der Waals surface area contributed by atoms with Crippen molar-refractivity contribution in [1.82, 2.24) is 0 Å². The Morgan fingerprint density at radius 2 is 1.71 bits per heavy atom. The summed E-state index contributed by atoms with van der Waals surface area (Å²) in [5.74, 6) is 0.167. The minimum atomic E-state index is -0.785. The zero-order valence-electron chi connectivity index (χ0n) is 14.0. The Balaban J connectivity index is 1.89. The smallest absolute Gasteiger partial charge is 0.196 e. The molecular weight excluding hydrogens is 326 g/mol. The van der Waals surface area contributed by atoms with Crippen LogP contribution in [0.4, 0.5) is 5.69 Å². The number of halogens is 1. The molecule has 4 nitrogen and oxygen atoms in total. The van der Waals surface area contributed by atoms with E-state index in [1.165, 1.54) is 0 Å². The fourth-order valence-corrected chi connectivity index (χ4v) is 2.71. The van der Waals surface area contributed by atoms with Crippen LogP contribution in [0.2, 0.25) is 5.02 Å². The van der Waals surface area contributed by atoms with Crippen LogP contribution in [0.5, 0.6) is 0 Å². The highest BCUT2D eigenvalue weighted by Gasteiger charge is 2.46. The van der Waals surface area contributed by atoms with E-state index in [2.05, 4.69) is 5.32 Å². The van der Waals surface area contributed by atoms with Gasteiger partial charge in [-0.25, -0.2) is 9.78 Å². The normalized spacial score (nSPS) is 27.2. The summed E-state index contributed by atoms with van der Waals surface area (Å²) >= 11 is 5.97. The summed E-state index contributed by atoms with van der Waals surface area (Å²) in [6.07, 6.45) is -0.853. The van der Waals surface area contributed by atoms with Gasteiger partial charge in [0.05, 0.1) is 0 Å². The molecule has 0 spiro atoms. The van der Waals surface area contributed by atoms with Gasteiger partial charge >= 0.3 is 0 Å². The number of anilines is 1. The molecule has 0 aliphatic carbocycles. The maximum absolute atomic E-state index is 6.16. The van der Waals surface area contributed by atoms with E-state index >= 15 is 0 Å². The topological polar surface area (TPSA) is 39.7 Å². The van der Waals surface area contributed by atoms with Crippen LogP contribution in [-0.2, 0) is 20.1 Å². The van der Waals surface area contributed by atoms with E-state index in [4.69, 9.17) is 26.1 Å². The number of nitrogens with one attached hydrogen (secondary N) is 1. The molecule has 1 heterocycles. The van der Waals surface area contributed by atoms with Crippen LogP contribution in [0.15, 0.2) is 54.6 Å². The molecule has 1 aliphatic heterocycles. The first-order valence-corrected chi connectivity index (χ1v) is 8.44. The standard InChI is InChI=1S/C19H22ClNO3/c1-13(2)17-22-18(21-16-11-9-15(20)10-12-16)19(3,24-23-17)14-7-5-4-6-8-14/h4-13,17-18,21H,1-3H3/t17-,18+,19-/m0/s1. The number of rotatable bonds is 4. The van der Waals surface area contributed by atoms with Crippen molar-refractivity contribution in [3.8, 4) is 0 Å². The maximum Gasteiger partial charge on any atom is 0.196 e. The molecule has 1 saturated heterocycles. The molecule has 0 unspecified atom stereocenters. The van der Waals surface area contributed by atoms with Crippen molar-refractivity contribution in [2.75, 3.05) is 5.32 Å². The molecule has 0 aromatic heterocycles. The molecule has 24 heavy (non-hydrogen) atoms. The lowest BCUT2D eigenvalue weighted by atomic mass is 9.93. The van der Waals surface area contributed by atoms with Gasteiger partial charge in [-0.2, -0.15) is 0 Å². The first-order chi connectivity index (χ1) is 11.5. The number of hydrogen-bond acceptors (Lipinski definition) is 4. The van der Waals surface area contributed by atoms with Gasteiger partial charge in [0.15, 0.2) is 18.1 Å². The van der Waals surface area contributed by atoms with E-state index in [1.54, 1.807) is 0 Å². The Morgan fingerprint density at radius 1 is 1.04 bits per heavy atom. The van der Waals surface area contributed by atoms with Crippen LogP contribution < -0.4 is 5.32 Å². The zero-order valence-corrected chi connectivity index (χ0v) is 14.8. The van der Waals surface area contributed by atoms with Gasteiger partial charge in [-0.15, -0.1) is 0 Å². The fraction of sp³-hybridized carbons (Fsp3) is 0.368. The molecule has 2 aromatic rings. The average Bonchev–Trinajstić information content (AvgIpc) is 2.59. The van der Waals surface area contributed by atoms with Gasteiger partial charge in [0.1, 0.15) is 0 Å². The van der Waals surface area contributed by atoms with E-state index in [-0.39, 0.29) is 5.92 Å². The summed E-state index contributed by atoms with van der Waals surface area (Å²) in [6, 6.07) is 17.4. The van der Waals surface area contributed by atoms with Gasteiger partial charge in [0, 0.05) is 16.6 Å². The number of hydrogen-bond donors (Lipinski definition) is 1. The average molecular weight is 348 g/mol. The van der Waals surface area contributed by atoms with E-state index in [0.717, 1.165) is 11.3 Å². The second kappa shape index (κ2) is 7.11. The predicted octanol–water partition coefficient (Wildman–Crippen LogP) is 4.95. The third-order valence-corrected chi connectivity index (χ3v) is 4.37.